The van der Waals surface area contributed by atoms with Crippen LogP contribution in [0.15, 0.2) is 23.1 Å². The molecule has 0 radical (unpaired) electrons. The third-order valence-corrected chi connectivity index (χ3v) is 4.84. The van der Waals surface area contributed by atoms with Crippen molar-refractivity contribution in [3.05, 3.63) is 18.2 Å². The molecule has 9 nitrogen and oxygen atoms in total. The third-order valence-electron chi connectivity index (χ3n) is 3.36. The number of methoxy groups -OCH3 is 2. The molecular weight excluding hydrogens is 334 g/mol. The van der Waals surface area contributed by atoms with Crippen LogP contribution in [0.3, 0.4) is 0 Å². The first kappa shape index (κ1) is 18.3. The van der Waals surface area contributed by atoms with Crippen LogP contribution in [0.1, 0.15) is 13.3 Å². The van der Waals surface area contributed by atoms with Crippen LogP contribution in [0.5, 0.6) is 5.75 Å². The predicted octanol–water partition coefficient (Wildman–Crippen LogP) is 0.683. The maximum Gasteiger partial charge on any atom is 0.244 e. The largest absolute Gasteiger partial charge is 0.495 e. The highest BCUT2D eigenvalue weighted by Crippen LogP contribution is 2.28. The van der Waals surface area contributed by atoms with Gasteiger partial charge in [0.1, 0.15) is 10.6 Å². The van der Waals surface area contributed by atoms with Crippen molar-refractivity contribution in [1.29, 1.82) is 0 Å². The zero-order chi connectivity index (χ0) is 17.6. The van der Waals surface area contributed by atoms with E-state index in [9.17, 15) is 8.42 Å². The molecule has 0 amide bonds. The van der Waals surface area contributed by atoms with Gasteiger partial charge in [0.15, 0.2) is 5.82 Å². The zero-order valence-electron chi connectivity index (χ0n) is 13.9. The fourth-order valence-corrected chi connectivity index (χ4v) is 3.42. The fraction of sp³-hybridized carbons (Fsp3) is 0.500. The number of benzene rings is 1. The number of tetrazole rings is 1. The predicted molar refractivity (Wildman–Crippen MR) is 87.2 cm³/mol. The summed E-state index contributed by atoms with van der Waals surface area (Å²) in [5.41, 5.74) is 0.597. The van der Waals surface area contributed by atoms with Gasteiger partial charge in [-0.15, -0.1) is 5.10 Å². The van der Waals surface area contributed by atoms with E-state index in [-0.39, 0.29) is 17.2 Å². The van der Waals surface area contributed by atoms with Crippen molar-refractivity contribution in [2.75, 3.05) is 27.4 Å². The molecule has 0 spiro atoms. The van der Waals surface area contributed by atoms with Gasteiger partial charge in [0, 0.05) is 32.4 Å². The lowest BCUT2D eigenvalue weighted by Crippen LogP contribution is -2.26. The van der Waals surface area contributed by atoms with Crippen LogP contribution in [0.25, 0.3) is 11.4 Å². The number of aromatic nitrogens is 4. The van der Waals surface area contributed by atoms with E-state index in [1.54, 1.807) is 23.9 Å². The van der Waals surface area contributed by atoms with Gasteiger partial charge < -0.3 is 9.47 Å². The van der Waals surface area contributed by atoms with Gasteiger partial charge in [0.2, 0.25) is 10.0 Å². The first-order valence-corrected chi connectivity index (χ1v) is 8.95. The van der Waals surface area contributed by atoms with Crippen LogP contribution < -0.4 is 9.46 Å². The van der Waals surface area contributed by atoms with Gasteiger partial charge >= 0.3 is 0 Å². The molecule has 0 aliphatic heterocycles. The molecule has 0 atom stereocenters. The third kappa shape index (κ3) is 4.08. The molecule has 1 heterocycles. The summed E-state index contributed by atoms with van der Waals surface area (Å²) >= 11 is 0. The maximum absolute atomic E-state index is 12.6. The number of hydrogen-bond acceptors (Lipinski definition) is 7. The molecule has 0 saturated carbocycles. The highest BCUT2D eigenvalue weighted by atomic mass is 32.2. The van der Waals surface area contributed by atoms with E-state index in [1.165, 1.54) is 13.2 Å². The summed E-state index contributed by atoms with van der Waals surface area (Å²) < 4.78 is 39.4. The fourth-order valence-electron chi connectivity index (χ4n) is 2.15. The molecule has 0 saturated heterocycles. The Balaban J connectivity index is 2.36. The molecule has 1 N–H and O–H groups in total. The Labute approximate surface area is 141 Å². The summed E-state index contributed by atoms with van der Waals surface area (Å²) in [4.78, 5) is 0.0468. The minimum absolute atomic E-state index is 0.0468. The zero-order valence-corrected chi connectivity index (χ0v) is 14.7. The van der Waals surface area contributed by atoms with Crippen molar-refractivity contribution in [2.24, 2.45) is 0 Å². The highest BCUT2D eigenvalue weighted by molar-refractivity contribution is 7.89. The summed E-state index contributed by atoms with van der Waals surface area (Å²) in [6, 6.07) is 4.82. The summed E-state index contributed by atoms with van der Waals surface area (Å²) in [7, 11) is -0.731. The molecule has 0 aliphatic carbocycles. The Morgan fingerprint density at radius 2 is 2.08 bits per heavy atom. The molecule has 1 aromatic heterocycles. The molecule has 132 valence electrons. The van der Waals surface area contributed by atoms with Gasteiger partial charge in [-0.2, -0.15) is 0 Å². The molecule has 0 aliphatic rings. The van der Waals surface area contributed by atoms with E-state index >= 15 is 0 Å². The van der Waals surface area contributed by atoms with Gasteiger partial charge in [-0.05, 0) is 42.0 Å². The summed E-state index contributed by atoms with van der Waals surface area (Å²) in [5, 5.41) is 11.4. The summed E-state index contributed by atoms with van der Waals surface area (Å²) in [6.07, 6.45) is 0.575. The van der Waals surface area contributed by atoms with E-state index in [0.717, 1.165) is 0 Å². The van der Waals surface area contributed by atoms with E-state index in [0.29, 0.717) is 31.0 Å². The molecule has 0 unspecified atom stereocenters. The van der Waals surface area contributed by atoms with Gasteiger partial charge in [0.25, 0.3) is 0 Å². The van der Waals surface area contributed by atoms with Crippen molar-refractivity contribution in [3.63, 3.8) is 0 Å². The average Bonchev–Trinajstić information content (AvgIpc) is 3.07. The van der Waals surface area contributed by atoms with Gasteiger partial charge in [0.05, 0.1) is 7.11 Å². The molecule has 24 heavy (non-hydrogen) atoms. The number of aryl methyl sites for hydroxylation is 1. The minimum Gasteiger partial charge on any atom is -0.495 e. The van der Waals surface area contributed by atoms with E-state index in [2.05, 4.69) is 20.2 Å². The van der Waals surface area contributed by atoms with Gasteiger partial charge in [-0.3, -0.25) is 0 Å². The molecule has 10 heteroatoms. The standard InChI is InChI=1S/C14H21N5O4S/c1-4-19-14(16-17-18-19)11-6-7-12(23-3)13(10-11)24(20,21)15-8-5-9-22-2/h6-7,10,15H,4-5,8-9H2,1-3H3. The molecule has 0 fully saturated rings. The number of ether oxygens (including phenoxy) is 2. The Bertz CT molecular complexity index is 775. The van der Waals surface area contributed by atoms with Crippen molar-refractivity contribution in [3.8, 4) is 17.1 Å². The van der Waals surface area contributed by atoms with Crippen LogP contribution in [0, 0.1) is 0 Å². The first-order valence-electron chi connectivity index (χ1n) is 7.46. The Hall–Kier alpha value is -2.04. The number of sulfonamides is 1. The molecule has 2 aromatic rings. The lowest BCUT2D eigenvalue weighted by molar-refractivity contribution is 0.196. The number of rotatable bonds is 9. The van der Waals surface area contributed by atoms with Crippen LogP contribution >= 0.6 is 0 Å². The Morgan fingerprint density at radius 3 is 2.75 bits per heavy atom. The normalized spacial score (nSPS) is 11.6. The second-order valence-corrected chi connectivity index (χ2v) is 6.66. The smallest absolute Gasteiger partial charge is 0.244 e. The molecular formula is C14H21N5O4S. The average molecular weight is 355 g/mol. The van der Waals surface area contributed by atoms with E-state index in [1.807, 2.05) is 6.92 Å². The lowest BCUT2D eigenvalue weighted by atomic mass is 10.2. The Kier molecular flexibility index (Phi) is 6.23. The topological polar surface area (TPSA) is 108 Å². The van der Waals surface area contributed by atoms with Crippen molar-refractivity contribution >= 4 is 10.0 Å². The molecule has 1 aromatic carbocycles. The first-order chi connectivity index (χ1) is 11.5. The van der Waals surface area contributed by atoms with Gasteiger partial charge in [-0.1, -0.05) is 0 Å². The van der Waals surface area contributed by atoms with Crippen LogP contribution in [-0.2, 0) is 21.3 Å². The number of nitrogens with one attached hydrogen (secondary N) is 1. The van der Waals surface area contributed by atoms with Crippen molar-refractivity contribution < 1.29 is 17.9 Å². The number of nitrogens with zero attached hydrogens (tertiary/aromatic N) is 4. The quantitative estimate of drug-likeness (QED) is 0.659. The van der Waals surface area contributed by atoms with Crippen LogP contribution in [-0.4, -0.2) is 56.0 Å². The van der Waals surface area contributed by atoms with Crippen molar-refractivity contribution in [2.45, 2.75) is 24.8 Å². The summed E-state index contributed by atoms with van der Waals surface area (Å²) in [6.45, 7) is 3.23. The summed E-state index contributed by atoms with van der Waals surface area (Å²) in [5.74, 6) is 0.754. The van der Waals surface area contributed by atoms with E-state index in [4.69, 9.17) is 9.47 Å². The highest BCUT2D eigenvalue weighted by Gasteiger charge is 2.21. The minimum atomic E-state index is -3.73. The maximum atomic E-state index is 12.6. The van der Waals surface area contributed by atoms with Gasteiger partial charge in [-0.25, -0.2) is 17.8 Å². The second-order valence-electron chi connectivity index (χ2n) is 4.93. The monoisotopic (exact) mass is 355 g/mol. The second kappa shape index (κ2) is 8.18. The lowest BCUT2D eigenvalue weighted by Gasteiger charge is -2.12. The van der Waals surface area contributed by atoms with Crippen LogP contribution in [0.2, 0.25) is 0 Å². The molecule has 0 bridgehead atoms. The SMILES string of the molecule is CCn1nnnc1-c1ccc(OC)c(S(=O)(=O)NCCCOC)c1. The Morgan fingerprint density at radius 1 is 1.29 bits per heavy atom. The van der Waals surface area contributed by atoms with E-state index < -0.39 is 10.0 Å². The molecule has 2 rings (SSSR count). The van der Waals surface area contributed by atoms with Crippen molar-refractivity contribution in [1.82, 2.24) is 24.9 Å². The van der Waals surface area contributed by atoms with Crippen LogP contribution in [0.4, 0.5) is 0 Å². The number of hydrogen-bond donors (Lipinski definition) is 1.